The molecule has 20 heavy (non-hydrogen) atoms. The summed E-state index contributed by atoms with van der Waals surface area (Å²) in [4.78, 5) is 21.4. The smallest absolute Gasteiger partial charge is 0.354 e. The third-order valence-electron chi connectivity index (χ3n) is 2.35. The summed E-state index contributed by atoms with van der Waals surface area (Å²) in [5, 5.41) is 26.5. The van der Waals surface area contributed by atoms with E-state index in [0.29, 0.717) is 5.56 Å². The standard InChI is InChI=1S/C11H12O8S/c1-6-4-2-3-5-7(6)20(17,18)19-11(16)9(13)8(12)10(14)15/h2-5,8-9,12-13H,1H3,(H,14,15). The zero-order valence-electron chi connectivity index (χ0n) is 10.3. The first-order chi connectivity index (χ1) is 9.16. The monoisotopic (exact) mass is 304 g/mol. The molecule has 0 fully saturated rings. The molecule has 0 aromatic heterocycles. The molecule has 0 aliphatic carbocycles. The lowest BCUT2D eigenvalue weighted by Crippen LogP contribution is -2.41. The van der Waals surface area contributed by atoms with Gasteiger partial charge in [-0.2, -0.15) is 8.42 Å². The molecule has 0 radical (unpaired) electrons. The highest BCUT2D eigenvalue weighted by Gasteiger charge is 2.35. The number of carboxylic acid groups (broad SMARTS) is 1. The zero-order valence-corrected chi connectivity index (χ0v) is 11.1. The van der Waals surface area contributed by atoms with E-state index in [9.17, 15) is 18.0 Å². The summed E-state index contributed by atoms with van der Waals surface area (Å²) in [5.74, 6) is -3.66. The lowest BCUT2D eigenvalue weighted by molar-refractivity contribution is -0.163. The minimum atomic E-state index is -4.51. The summed E-state index contributed by atoms with van der Waals surface area (Å²) >= 11 is 0. The van der Waals surface area contributed by atoms with Crippen molar-refractivity contribution in [1.82, 2.24) is 0 Å². The largest absolute Gasteiger partial charge is 0.479 e. The molecule has 1 aromatic carbocycles. The number of aliphatic carboxylic acids is 1. The van der Waals surface area contributed by atoms with Crippen LogP contribution in [0.25, 0.3) is 0 Å². The number of carboxylic acids is 1. The Balaban J connectivity index is 2.95. The lowest BCUT2D eigenvalue weighted by Gasteiger charge is -2.13. The summed E-state index contributed by atoms with van der Waals surface area (Å²) in [6.07, 6.45) is -4.99. The van der Waals surface area contributed by atoms with Crippen molar-refractivity contribution >= 4 is 22.1 Å². The molecule has 8 nitrogen and oxygen atoms in total. The van der Waals surface area contributed by atoms with Crippen molar-refractivity contribution < 1.29 is 37.5 Å². The number of aliphatic hydroxyl groups excluding tert-OH is 2. The van der Waals surface area contributed by atoms with E-state index in [4.69, 9.17) is 15.3 Å². The molecule has 2 atom stereocenters. The third-order valence-corrected chi connectivity index (χ3v) is 3.73. The van der Waals surface area contributed by atoms with Crippen molar-refractivity contribution in [3.05, 3.63) is 29.8 Å². The van der Waals surface area contributed by atoms with E-state index in [2.05, 4.69) is 4.18 Å². The second kappa shape index (κ2) is 5.99. The van der Waals surface area contributed by atoms with Crippen molar-refractivity contribution in [2.75, 3.05) is 0 Å². The Kier molecular flexibility index (Phi) is 4.82. The van der Waals surface area contributed by atoms with Gasteiger partial charge in [0, 0.05) is 0 Å². The molecule has 0 aliphatic rings. The van der Waals surface area contributed by atoms with Crippen LogP contribution in [0.1, 0.15) is 5.56 Å². The van der Waals surface area contributed by atoms with Gasteiger partial charge in [-0.15, -0.1) is 0 Å². The second-order valence-corrected chi connectivity index (χ2v) is 5.36. The van der Waals surface area contributed by atoms with Crippen molar-refractivity contribution in [2.45, 2.75) is 24.0 Å². The van der Waals surface area contributed by atoms with E-state index in [0.717, 1.165) is 0 Å². The fourth-order valence-electron chi connectivity index (χ4n) is 1.30. The molecule has 110 valence electrons. The van der Waals surface area contributed by atoms with E-state index >= 15 is 0 Å². The van der Waals surface area contributed by atoms with E-state index in [1.54, 1.807) is 6.07 Å². The molecule has 9 heteroatoms. The molecule has 1 rings (SSSR count). The highest BCUT2D eigenvalue weighted by molar-refractivity contribution is 7.87. The van der Waals surface area contributed by atoms with Gasteiger partial charge in [-0.3, -0.25) is 0 Å². The van der Waals surface area contributed by atoms with Crippen molar-refractivity contribution in [1.29, 1.82) is 0 Å². The fraction of sp³-hybridized carbons (Fsp3) is 0.273. The predicted octanol–water partition coefficient (Wildman–Crippen LogP) is -0.967. The first-order valence-corrected chi connectivity index (χ1v) is 6.70. The molecule has 3 N–H and O–H groups in total. The number of aliphatic hydroxyl groups is 2. The summed E-state index contributed by atoms with van der Waals surface area (Å²) in [6.45, 7) is 1.46. The van der Waals surface area contributed by atoms with Crippen LogP contribution in [0.2, 0.25) is 0 Å². The Bertz CT molecular complexity index is 621. The first-order valence-electron chi connectivity index (χ1n) is 5.29. The molecular formula is C11H12O8S. The van der Waals surface area contributed by atoms with Crippen molar-refractivity contribution in [2.24, 2.45) is 0 Å². The van der Waals surface area contributed by atoms with Crippen molar-refractivity contribution in [3.63, 3.8) is 0 Å². The molecule has 0 aliphatic heterocycles. The van der Waals surface area contributed by atoms with Crippen LogP contribution in [0.3, 0.4) is 0 Å². The molecule has 0 saturated heterocycles. The molecule has 0 bridgehead atoms. The Morgan fingerprint density at radius 1 is 1.15 bits per heavy atom. The normalized spacial score (nSPS) is 14.3. The Labute approximate surface area is 114 Å². The highest BCUT2D eigenvalue weighted by atomic mass is 32.2. The number of aryl methyl sites for hydroxylation is 1. The SMILES string of the molecule is Cc1ccccc1S(=O)(=O)OC(=O)C(O)C(O)C(=O)O. The zero-order chi connectivity index (χ0) is 15.5. The average Bonchev–Trinajstić information content (AvgIpc) is 2.36. The van der Waals surface area contributed by atoms with Crippen LogP contribution in [0.4, 0.5) is 0 Å². The number of benzene rings is 1. The van der Waals surface area contributed by atoms with Crippen LogP contribution < -0.4 is 0 Å². The maximum Gasteiger partial charge on any atom is 0.354 e. The quantitative estimate of drug-likeness (QED) is 0.591. The molecule has 0 spiro atoms. The van der Waals surface area contributed by atoms with Gasteiger partial charge in [-0.05, 0) is 18.6 Å². The van der Waals surface area contributed by atoms with Crippen LogP contribution in [-0.4, -0.2) is 47.9 Å². The van der Waals surface area contributed by atoms with Gasteiger partial charge in [0.05, 0.1) is 0 Å². The lowest BCUT2D eigenvalue weighted by atomic mass is 10.2. The predicted molar refractivity (Wildman–Crippen MR) is 64.1 cm³/mol. The summed E-state index contributed by atoms with van der Waals surface area (Å²) in [6, 6.07) is 5.61. The van der Waals surface area contributed by atoms with E-state index < -0.39 is 34.3 Å². The van der Waals surface area contributed by atoms with Gasteiger partial charge in [-0.1, -0.05) is 18.2 Å². The minimum absolute atomic E-state index is 0.300. The number of carbonyl (C=O) groups excluding carboxylic acids is 1. The van der Waals surface area contributed by atoms with Gasteiger partial charge in [0.2, 0.25) is 0 Å². The van der Waals surface area contributed by atoms with E-state index in [1.807, 2.05) is 0 Å². The Hall–Kier alpha value is -1.97. The molecular weight excluding hydrogens is 292 g/mol. The van der Waals surface area contributed by atoms with Gasteiger partial charge >= 0.3 is 22.1 Å². The van der Waals surface area contributed by atoms with Crippen LogP contribution in [0, 0.1) is 6.92 Å². The summed E-state index contributed by atoms with van der Waals surface area (Å²) < 4.78 is 27.7. The van der Waals surface area contributed by atoms with Gasteiger partial charge in [0.1, 0.15) is 4.90 Å². The fourth-order valence-corrected chi connectivity index (χ4v) is 2.42. The Morgan fingerprint density at radius 3 is 2.20 bits per heavy atom. The average molecular weight is 304 g/mol. The molecule has 1 aromatic rings. The minimum Gasteiger partial charge on any atom is -0.479 e. The van der Waals surface area contributed by atoms with Gasteiger partial charge in [0.25, 0.3) is 0 Å². The third kappa shape index (κ3) is 3.53. The van der Waals surface area contributed by atoms with Gasteiger partial charge in [0.15, 0.2) is 12.2 Å². The maximum absolute atomic E-state index is 11.8. The maximum atomic E-state index is 11.8. The number of hydrogen-bond donors (Lipinski definition) is 3. The summed E-state index contributed by atoms with van der Waals surface area (Å²) in [7, 11) is -4.51. The number of rotatable bonds is 5. The van der Waals surface area contributed by atoms with E-state index in [1.165, 1.54) is 25.1 Å². The summed E-state index contributed by atoms with van der Waals surface area (Å²) in [5.41, 5.74) is 0.300. The van der Waals surface area contributed by atoms with Crippen LogP contribution in [-0.2, 0) is 23.9 Å². The molecule has 0 heterocycles. The Morgan fingerprint density at radius 2 is 1.70 bits per heavy atom. The highest BCUT2D eigenvalue weighted by Crippen LogP contribution is 2.17. The second-order valence-electron chi connectivity index (χ2n) is 3.85. The van der Waals surface area contributed by atoms with Crippen molar-refractivity contribution in [3.8, 4) is 0 Å². The van der Waals surface area contributed by atoms with Crippen LogP contribution >= 0.6 is 0 Å². The van der Waals surface area contributed by atoms with E-state index in [-0.39, 0.29) is 4.90 Å². The molecule has 2 unspecified atom stereocenters. The van der Waals surface area contributed by atoms with Gasteiger partial charge < -0.3 is 19.5 Å². The first kappa shape index (κ1) is 16.1. The van der Waals surface area contributed by atoms with Gasteiger partial charge in [-0.25, -0.2) is 9.59 Å². The molecule has 0 saturated carbocycles. The topological polar surface area (TPSA) is 138 Å². The number of hydrogen-bond acceptors (Lipinski definition) is 7. The van der Waals surface area contributed by atoms with Crippen LogP contribution in [0.15, 0.2) is 29.2 Å². The van der Waals surface area contributed by atoms with Crippen LogP contribution in [0.5, 0.6) is 0 Å². The number of carbonyl (C=O) groups is 2. The molecule has 0 amide bonds.